The summed E-state index contributed by atoms with van der Waals surface area (Å²) in [7, 11) is 1.65. The summed E-state index contributed by atoms with van der Waals surface area (Å²) in [5, 5.41) is 0. The largest absolute Gasteiger partial charge is 0.472 e. The molecule has 0 saturated carbocycles. The van der Waals surface area contributed by atoms with Crippen molar-refractivity contribution in [2.75, 3.05) is 54.1 Å². The minimum absolute atomic E-state index is 0.0834. The molecule has 0 aromatic heterocycles. The molecular formula is C55H103NO7P+. The molecule has 0 heterocycles. The smallest absolute Gasteiger partial charge is 0.457 e. The van der Waals surface area contributed by atoms with E-state index in [-0.39, 0.29) is 25.8 Å². The molecule has 2 unspecified atom stereocenters. The third kappa shape index (κ3) is 51.2. The minimum atomic E-state index is -4.29. The highest BCUT2D eigenvalue weighted by atomic mass is 31.2. The van der Waals surface area contributed by atoms with Gasteiger partial charge in [0, 0.05) is 13.0 Å². The summed E-state index contributed by atoms with van der Waals surface area (Å²) in [6.45, 7) is 5.51. The Morgan fingerprint density at radius 1 is 0.500 bits per heavy atom. The predicted octanol–water partition coefficient (Wildman–Crippen LogP) is 16.4. The first-order valence-corrected chi connectivity index (χ1v) is 28.0. The Bertz CT molecular complexity index is 1210. The van der Waals surface area contributed by atoms with E-state index < -0.39 is 13.9 Å². The summed E-state index contributed by atoms with van der Waals surface area (Å²) in [5.74, 6) is -0.330. The molecule has 0 bridgehead atoms. The number of unbranched alkanes of at least 4 members (excludes halogenated alkanes) is 25. The maximum Gasteiger partial charge on any atom is 0.472 e. The van der Waals surface area contributed by atoms with E-state index >= 15 is 0 Å². The number of likely N-dealkylation sites (N-methyl/N-ethyl adjacent to an activating group) is 1. The Morgan fingerprint density at radius 3 is 1.36 bits per heavy atom. The van der Waals surface area contributed by atoms with Gasteiger partial charge in [-0.25, -0.2) is 4.57 Å². The molecule has 0 aliphatic heterocycles. The van der Waals surface area contributed by atoms with E-state index in [9.17, 15) is 14.3 Å². The van der Waals surface area contributed by atoms with Crippen LogP contribution in [0.4, 0.5) is 0 Å². The van der Waals surface area contributed by atoms with Gasteiger partial charge in [0.1, 0.15) is 19.3 Å². The van der Waals surface area contributed by atoms with Crippen LogP contribution in [0.5, 0.6) is 0 Å². The topological polar surface area (TPSA) is 91.3 Å². The quantitative estimate of drug-likeness (QED) is 0.0214. The molecule has 0 amide bonds. The van der Waals surface area contributed by atoms with Gasteiger partial charge in [-0.2, -0.15) is 0 Å². The third-order valence-electron chi connectivity index (χ3n) is 11.3. The maximum absolute atomic E-state index is 12.8. The zero-order chi connectivity index (χ0) is 46.9. The molecule has 8 nitrogen and oxygen atoms in total. The first-order valence-electron chi connectivity index (χ1n) is 26.5. The van der Waals surface area contributed by atoms with Crippen LogP contribution < -0.4 is 0 Å². The summed E-state index contributed by atoms with van der Waals surface area (Å²) >= 11 is 0. The van der Waals surface area contributed by atoms with Gasteiger partial charge in [-0.3, -0.25) is 13.8 Å². The molecule has 9 heteroatoms. The normalized spacial score (nSPS) is 14.0. The van der Waals surface area contributed by atoms with Crippen molar-refractivity contribution in [1.82, 2.24) is 0 Å². The lowest BCUT2D eigenvalue weighted by atomic mass is 10.0. The lowest BCUT2D eigenvalue weighted by molar-refractivity contribution is -0.870. The number of phosphoric ester groups is 1. The first kappa shape index (κ1) is 62.2. The minimum Gasteiger partial charge on any atom is -0.457 e. The highest BCUT2D eigenvalue weighted by Gasteiger charge is 2.26. The van der Waals surface area contributed by atoms with Crippen LogP contribution in [0.3, 0.4) is 0 Å². The van der Waals surface area contributed by atoms with Crippen LogP contribution in [0.25, 0.3) is 0 Å². The second kappa shape index (κ2) is 47.7. The fourth-order valence-corrected chi connectivity index (χ4v) is 8.03. The van der Waals surface area contributed by atoms with E-state index in [1.807, 2.05) is 21.1 Å². The van der Waals surface area contributed by atoms with Crippen molar-refractivity contribution in [2.45, 2.75) is 232 Å². The molecule has 64 heavy (non-hydrogen) atoms. The second-order valence-corrected chi connectivity index (χ2v) is 20.3. The number of hydrogen-bond donors (Lipinski definition) is 1. The van der Waals surface area contributed by atoms with Crippen molar-refractivity contribution >= 4 is 13.8 Å². The molecule has 0 radical (unpaired) electrons. The molecular weight excluding hydrogens is 818 g/mol. The Hall–Kier alpha value is -1.80. The number of rotatable bonds is 49. The van der Waals surface area contributed by atoms with Crippen LogP contribution >= 0.6 is 7.82 Å². The Labute approximate surface area is 396 Å². The zero-order valence-electron chi connectivity index (χ0n) is 42.5. The third-order valence-corrected chi connectivity index (χ3v) is 12.3. The average molecular weight is 921 g/mol. The number of carbonyl (C=O) groups excluding carboxylic acids is 1. The number of quaternary nitrogens is 1. The predicted molar refractivity (Wildman–Crippen MR) is 275 cm³/mol. The van der Waals surface area contributed by atoms with Crippen LogP contribution in [0, 0.1) is 0 Å². The number of phosphoric acid groups is 1. The van der Waals surface area contributed by atoms with Gasteiger partial charge in [-0.15, -0.1) is 0 Å². The number of allylic oxidation sites excluding steroid dienone is 10. The van der Waals surface area contributed by atoms with Crippen molar-refractivity contribution in [3.63, 3.8) is 0 Å². The Kier molecular flexibility index (Phi) is 46.3. The summed E-state index contributed by atoms with van der Waals surface area (Å²) in [6, 6.07) is 0. The van der Waals surface area contributed by atoms with Crippen molar-refractivity contribution < 1.29 is 37.3 Å². The molecule has 0 fully saturated rings. The molecule has 0 saturated heterocycles. The van der Waals surface area contributed by atoms with Crippen molar-refractivity contribution in [3.05, 3.63) is 60.8 Å². The van der Waals surface area contributed by atoms with Crippen LogP contribution in [-0.4, -0.2) is 75.6 Å². The van der Waals surface area contributed by atoms with Gasteiger partial charge in [0.05, 0.1) is 34.4 Å². The number of esters is 1. The SMILES string of the molecule is CC/C=C\C/C=C\C/C=C\C/C=C\C/C=C\CCCCCCCC(=O)OC(COCCCCCCCCCCCCCCCCCCCCCCC)COP(=O)(O)OCC[N+](C)(C)C. The number of carbonyl (C=O) groups is 1. The van der Waals surface area contributed by atoms with Gasteiger partial charge in [-0.05, 0) is 57.8 Å². The van der Waals surface area contributed by atoms with Crippen molar-refractivity contribution in [1.29, 1.82) is 0 Å². The van der Waals surface area contributed by atoms with E-state index in [0.29, 0.717) is 24.1 Å². The monoisotopic (exact) mass is 921 g/mol. The maximum atomic E-state index is 12.8. The summed E-state index contributed by atoms with van der Waals surface area (Å²) in [5.41, 5.74) is 0. The summed E-state index contributed by atoms with van der Waals surface area (Å²) in [6.07, 6.45) is 61.3. The lowest BCUT2D eigenvalue weighted by Gasteiger charge is -2.24. The number of hydrogen-bond acceptors (Lipinski definition) is 6. The summed E-state index contributed by atoms with van der Waals surface area (Å²) in [4.78, 5) is 23.0. The van der Waals surface area contributed by atoms with Crippen LogP contribution in [-0.2, 0) is 27.9 Å². The van der Waals surface area contributed by atoms with E-state index in [4.69, 9.17) is 18.5 Å². The van der Waals surface area contributed by atoms with Gasteiger partial charge in [0.25, 0.3) is 0 Å². The first-order chi connectivity index (χ1) is 31.1. The van der Waals surface area contributed by atoms with Crippen molar-refractivity contribution in [2.24, 2.45) is 0 Å². The second-order valence-electron chi connectivity index (χ2n) is 18.9. The number of ether oxygens (including phenoxy) is 2. The van der Waals surface area contributed by atoms with Gasteiger partial charge in [0.2, 0.25) is 0 Å². The summed E-state index contributed by atoms with van der Waals surface area (Å²) < 4.78 is 35.2. The molecule has 2 atom stereocenters. The van der Waals surface area contributed by atoms with Crippen molar-refractivity contribution in [3.8, 4) is 0 Å². The van der Waals surface area contributed by atoms with Gasteiger partial charge in [0.15, 0.2) is 0 Å². The molecule has 0 spiro atoms. The Morgan fingerprint density at radius 2 is 0.906 bits per heavy atom. The molecule has 0 aromatic carbocycles. The van der Waals surface area contributed by atoms with Gasteiger partial charge in [-0.1, -0.05) is 222 Å². The molecule has 0 rings (SSSR count). The highest BCUT2D eigenvalue weighted by molar-refractivity contribution is 7.47. The molecule has 374 valence electrons. The highest BCUT2D eigenvalue weighted by Crippen LogP contribution is 2.43. The molecule has 1 N–H and O–H groups in total. The zero-order valence-corrected chi connectivity index (χ0v) is 43.4. The molecule has 0 aromatic rings. The molecule has 0 aliphatic rings. The molecule has 0 aliphatic carbocycles. The van der Waals surface area contributed by atoms with E-state index in [1.54, 1.807) is 0 Å². The van der Waals surface area contributed by atoms with E-state index in [0.717, 1.165) is 83.5 Å². The number of nitrogens with zero attached hydrogens (tertiary/aromatic N) is 1. The Balaban J connectivity index is 4.16. The standard InChI is InChI=1S/C55H102NO7P/c1-6-8-10-12-14-16-18-20-22-24-26-28-30-32-34-36-38-40-42-44-46-48-55(57)63-54(53-62-64(58,59)61-51-49-56(3,4)5)52-60-50-47-45-43-41-39-37-35-33-31-29-27-25-23-21-19-17-15-13-11-9-7-2/h8,10,14,16,20,22,26,28,32,34,54H,6-7,9,11-13,15,17-19,21,23-25,27,29-31,33,35-53H2,1-5H3/p+1/b10-8-,16-14-,22-20-,28-26-,34-32-. The van der Waals surface area contributed by atoms with Crippen LogP contribution in [0.1, 0.15) is 226 Å². The lowest BCUT2D eigenvalue weighted by Crippen LogP contribution is -2.37. The fourth-order valence-electron chi connectivity index (χ4n) is 7.29. The fraction of sp³-hybridized carbons (Fsp3) is 0.800. The van der Waals surface area contributed by atoms with E-state index in [2.05, 4.69) is 74.6 Å². The van der Waals surface area contributed by atoms with Crippen LogP contribution in [0.2, 0.25) is 0 Å². The van der Waals surface area contributed by atoms with Gasteiger partial charge < -0.3 is 18.9 Å². The average Bonchev–Trinajstić information content (AvgIpc) is 3.25. The van der Waals surface area contributed by atoms with E-state index in [1.165, 1.54) is 122 Å². The van der Waals surface area contributed by atoms with Gasteiger partial charge >= 0.3 is 13.8 Å². The van der Waals surface area contributed by atoms with Crippen LogP contribution in [0.15, 0.2) is 60.8 Å².